The minimum Gasteiger partial charge on any atom is -0.378 e. The van der Waals surface area contributed by atoms with Gasteiger partial charge in [0.2, 0.25) is 0 Å². The third kappa shape index (κ3) is 2.66. The third-order valence-electron chi connectivity index (χ3n) is 5.76. The standard InChI is InChI=1S/C21H22N2O2S/c24-21(23-8-10-25-11-9-23)14-6-7-18-17(13-14)15-3-1-4-16(15)20(22-18)19-5-2-12-26-19/h1-3,5-7,12-13,15-16,20,22H,4,8-11H2. The van der Waals surface area contributed by atoms with Crippen molar-refractivity contribution in [1.29, 1.82) is 0 Å². The van der Waals surface area contributed by atoms with Crippen LogP contribution >= 0.6 is 11.3 Å². The van der Waals surface area contributed by atoms with Crippen molar-refractivity contribution in [2.75, 3.05) is 31.6 Å². The highest BCUT2D eigenvalue weighted by Crippen LogP contribution is 2.50. The molecule has 1 fully saturated rings. The number of thiophene rings is 1. The highest BCUT2D eigenvalue weighted by Gasteiger charge is 2.38. The van der Waals surface area contributed by atoms with Gasteiger partial charge in [-0.05, 0) is 47.5 Å². The number of hydrogen-bond donors (Lipinski definition) is 1. The number of fused-ring (bicyclic) bond motifs is 3. The van der Waals surface area contributed by atoms with Gasteiger partial charge in [0.15, 0.2) is 0 Å². The first kappa shape index (κ1) is 16.1. The first-order valence-corrected chi connectivity index (χ1v) is 10.2. The van der Waals surface area contributed by atoms with Crippen molar-refractivity contribution in [2.24, 2.45) is 5.92 Å². The Balaban J connectivity index is 1.48. The molecule has 1 aromatic carbocycles. The maximum atomic E-state index is 12.9. The Morgan fingerprint density at radius 2 is 2.12 bits per heavy atom. The molecule has 3 atom stereocenters. The van der Waals surface area contributed by atoms with Crippen LogP contribution in [-0.4, -0.2) is 37.1 Å². The van der Waals surface area contributed by atoms with E-state index in [4.69, 9.17) is 4.74 Å². The number of nitrogens with one attached hydrogen (secondary N) is 1. The summed E-state index contributed by atoms with van der Waals surface area (Å²) in [6, 6.07) is 10.9. The molecule has 26 heavy (non-hydrogen) atoms. The van der Waals surface area contributed by atoms with Crippen molar-refractivity contribution in [2.45, 2.75) is 18.4 Å². The second-order valence-corrected chi connectivity index (χ2v) is 8.18. The number of amides is 1. The van der Waals surface area contributed by atoms with Crippen LogP contribution in [0.25, 0.3) is 0 Å². The SMILES string of the molecule is O=C(c1ccc2c(c1)C1C=CCC1C(c1cccs1)N2)N1CCOCC1. The van der Waals surface area contributed by atoms with E-state index in [0.717, 1.165) is 17.7 Å². The predicted octanol–water partition coefficient (Wildman–Crippen LogP) is 4.05. The van der Waals surface area contributed by atoms with Crippen LogP contribution in [0.1, 0.15) is 39.2 Å². The highest BCUT2D eigenvalue weighted by molar-refractivity contribution is 7.10. The van der Waals surface area contributed by atoms with E-state index in [2.05, 4.69) is 47.1 Å². The molecule has 0 spiro atoms. The fraction of sp³-hybridized carbons (Fsp3) is 0.381. The minimum absolute atomic E-state index is 0.120. The second kappa shape index (κ2) is 6.56. The van der Waals surface area contributed by atoms with Gasteiger partial charge in [-0.25, -0.2) is 0 Å². The molecule has 1 amide bonds. The number of nitrogens with zero attached hydrogens (tertiary/aromatic N) is 1. The van der Waals surface area contributed by atoms with Crippen LogP contribution in [0.5, 0.6) is 0 Å². The normalized spacial score (nSPS) is 26.9. The number of ether oxygens (including phenoxy) is 1. The summed E-state index contributed by atoms with van der Waals surface area (Å²) < 4.78 is 5.37. The van der Waals surface area contributed by atoms with E-state index in [0.29, 0.717) is 44.2 Å². The Labute approximate surface area is 157 Å². The van der Waals surface area contributed by atoms with E-state index in [1.807, 2.05) is 22.3 Å². The lowest BCUT2D eigenvalue weighted by molar-refractivity contribution is 0.0303. The largest absolute Gasteiger partial charge is 0.378 e. The predicted molar refractivity (Wildman–Crippen MR) is 104 cm³/mol. The summed E-state index contributed by atoms with van der Waals surface area (Å²) in [6.45, 7) is 2.63. The lowest BCUT2D eigenvalue weighted by Crippen LogP contribution is -2.40. The topological polar surface area (TPSA) is 41.6 Å². The molecule has 0 bridgehead atoms. The van der Waals surface area contributed by atoms with Gasteiger partial charge < -0.3 is 15.0 Å². The van der Waals surface area contributed by atoms with Gasteiger partial charge in [-0.3, -0.25) is 4.79 Å². The zero-order chi connectivity index (χ0) is 17.5. The first-order valence-electron chi connectivity index (χ1n) is 9.29. The number of carbonyl (C=O) groups excluding carboxylic acids is 1. The molecule has 1 N–H and O–H groups in total. The van der Waals surface area contributed by atoms with Gasteiger partial charge >= 0.3 is 0 Å². The monoisotopic (exact) mass is 366 g/mol. The molecule has 0 radical (unpaired) electrons. The maximum Gasteiger partial charge on any atom is 0.254 e. The van der Waals surface area contributed by atoms with E-state index in [9.17, 15) is 4.79 Å². The van der Waals surface area contributed by atoms with E-state index < -0.39 is 0 Å². The van der Waals surface area contributed by atoms with Crippen molar-refractivity contribution >= 4 is 22.9 Å². The molecule has 4 nitrogen and oxygen atoms in total. The minimum atomic E-state index is 0.120. The molecule has 3 unspecified atom stereocenters. The molecule has 5 rings (SSSR count). The lowest BCUT2D eigenvalue weighted by atomic mass is 9.78. The smallest absolute Gasteiger partial charge is 0.254 e. The lowest BCUT2D eigenvalue weighted by Gasteiger charge is -2.37. The summed E-state index contributed by atoms with van der Waals surface area (Å²) in [4.78, 5) is 16.2. The number of anilines is 1. The van der Waals surface area contributed by atoms with Crippen LogP contribution in [-0.2, 0) is 4.74 Å². The summed E-state index contributed by atoms with van der Waals surface area (Å²) >= 11 is 1.82. The Kier molecular flexibility index (Phi) is 4.06. The molecular weight excluding hydrogens is 344 g/mol. The van der Waals surface area contributed by atoms with Crippen molar-refractivity contribution in [3.63, 3.8) is 0 Å². The Morgan fingerprint density at radius 1 is 1.23 bits per heavy atom. The van der Waals surface area contributed by atoms with Crippen LogP contribution < -0.4 is 5.32 Å². The summed E-state index contributed by atoms with van der Waals surface area (Å²) in [5.41, 5.74) is 3.21. The molecule has 134 valence electrons. The van der Waals surface area contributed by atoms with E-state index in [1.54, 1.807) is 0 Å². The van der Waals surface area contributed by atoms with Crippen LogP contribution in [0.15, 0.2) is 47.9 Å². The molecular formula is C21H22N2O2S. The number of hydrogen-bond acceptors (Lipinski definition) is 4. The summed E-state index contributed by atoms with van der Waals surface area (Å²) in [6.07, 6.45) is 5.71. The summed E-state index contributed by atoms with van der Waals surface area (Å²) in [7, 11) is 0. The number of rotatable bonds is 2. The average Bonchev–Trinajstić information content (AvgIpc) is 3.39. The molecule has 0 saturated carbocycles. The van der Waals surface area contributed by atoms with Crippen LogP contribution in [0.2, 0.25) is 0 Å². The van der Waals surface area contributed by atoms with E-state index in [-0.39, 0.29) is 5.91 Å². The van der Waals surface area contributed by atoms with Crippen molar-refractivity contribution in [3.8, 4) is 0 Å². The van der Waals surface area contributed by atoms with E-state index >= 15 is 0 Å². The van der Waals surface area contributed by atoms with Crippen LogP contribution in [0, 0.1) is 5.92 Å². The number of benzene rings is 1. The fourth-order valence-electron chi connectivity index (χ4n) is 4.43. The van der Waals surface area contributed by atoms with E-state index in [1.165, 1.54) is 10.4 Å². The van der Waals surface area contributed by atoms with Crippen molar-refractivity contribution < 1.29 is 9.53 Å². The molecule has 3 heterocycles. The van der Waals surface area contributed by atoms with Gasteiger partial charge in [0.1, 0.15) is 0 Å². The Hall–Kier alpha value is -2.11. The van der Waals surface area contributed by atoms with Gasteiger partial charge in [0.05, 0.1) is 19.3 Å². The second-order valence-electron chi connectivity index (χ2n) is 7.20. The molecule has 2 aliphatic heterocycles. The Morgan fingerprint density at radius 3 is 2.92 bits per heavy atom. The maximum absolute atomic E-state index is 12.9. The van der Waals surface area contributed by atoms with Crippen molar-refractivity contribution in [1.82, 2.24) is 4.90 Å². The van der Waals surface area contributed by atoms with Crippen LogP contribution in [0.4, 0.5) is 5.69 Å². The number of allylic oxidation sites excluding steroid dienone is 2. The van der Waals surface area contributed by atoms with Gasteiger partial charge in [0.25, 0.3) is 5.91 Å². The zero-order valence-corrected chi connectivity index (χ0v) is 15.4. The molecule has 5 heteroatoms. The Bertz CT molecular complexity index is 840. The zero-order valence-electron chi connectivity index (χ0n) is 14.6. The summed E-state index contributed by atoms with van der Waals surface area (Å²) in [5.74, 6) is 1.03. The number of morpholine rings is 1. The van der Waals surface area contributed by atoms with Crippen LogP contribution in [0.3, 0.4) is 0 Å². The first-order chi connectivity index (χ1) is 12.8. The highest BCUT2D eigenvalue weighted by atomic mass is 32.1. The third-order valence-corrected chi connectivity index (χ3v) is 6.71. The fourth-order valence-corrected chi connectivity index (χ4v) is 5.28. The molecule has 2 aromatic rings. The molecule has 1 aromatic heterocycles. The quantitative estimate of drug-likeness (QED) is 0.816. The average molecular weight is 366 g/mol. The molecule has 1 saturated heterocycles. The van der Waals surface area contributed by atoms with Crippen molar-refractivity contribution in [3.05, 3.63) is 63.9 Å². The molecule has 3 aliphatic rings. The number of carbonyl (C=O) groups is 1. The molecule has 1 aliphatic carbocycles. The summed E-state index contributed by atoms with van der Waals surface area (Å²) in [5, 5.41) is 5.89. The van der Waals surface area contributed by atoms with Gasteiger partial charge in [-0.15, -0.1) is 11.3 Å². The van der Waals surface area contributed by atoms with Gasteiger partial charge in [-0.1, -0.05) is 18.2 Å². The van der Waals surface area contributed by atoms with Gasteiger partial charge in [0, 0.05) is 35.1 Å². The van der Waals surface area contributed by atoms with Gasteiger partial charge in [-0.2, -0.15) is 0 Å².